The van der Waals surface area contributed by atoms with E-state index in [0.717, 1.165) is 16.8 Å². The van der Waals surface area contributed by atoms with Crippen molar-refractivity contribution in [3.63, 3.8) is 0 Å². The summed E-state index contributed by atoms with van der Waals surface area (Å²) in [5.41, 5.74) is 2.97. The molecule has 7 nitrogen and oxygen atoms in total. The van der Waals surface area contributed by atoms with Gasteiger partial charge < -0.3 is 5.32 Å². The topological polar surface area (TPSA) is 89.8 Å². The van der Waals surface area contributed by atoms with Crippen molar-refractivity contribution in [2.24, 2.45) is 5.92 Å². The van der Waals surface area contributed by atoms with E-state index < -0.39 is 10.8 Å². The zero-order chi connectivity index (χ0) is 17.1. The number of nitrogens with one attached hydrogen (secondary N) is 1. The molecule has 0 spiro atoms. The third-order valence-corrected chi connectivity index (χ3v) is 5.22. The van der Waals surface area contributed by atoms with Crippen LogP contribution in [0.1, 0.15) is 29.8 Å². The van der Waals surface area contributed by atoms with E-state index in [-0.39, 0.29) is 17.4 Å². The van der Waals surface area contributed by atoms with E-state index in [2.05, 4.69) is 20.8 Å². The van der Waals surface area contributed by atoms with Gasteiger partial charge in [-0.2, -0.15) is 4.68 Å². The third kappa shape index (κ3) is 4.05. The molecule has 1 saturated carbocycles. The quantitative estimate of drug-likeness (QED) is 0.809. The molecule has 0 radical (unpaired) electrons. The number of hydrogen-bond donors (Lipinski definition) is 1. The van der Waals surface area contributed by atoms with Crippen molar-refractivity contribution >= 4 is 16.7 Å². The van der Waals surface area contributed by atoms with Crippen molar-refractivity contribution in [2.75, 3.05) is 12.3 Å². The summed E-state index contributed by atoms with van der Waals surface area (Å²) in [4.78, 5) is 11.8. The number of carbonyl (C=O) groups is 1. The number of aryl methyl sites for hydroxylation is 2. The van der Waals surface area contributed by atoms with Crippen molar-refractivity contribution in [1.82, 2.24) is 25.5 Å². The molecule has 1 aliphatic carbocycles. The maximum absolute atomic E-state index is 12.3. The molecule has 0 saturated heterocycles. The van der Waals surface area contributed by atoms with Gasteiger partial charge in [0.15, 0.2) is 5.82 Å². The molecule has 1 fully saturated rings. The van der Waals surface area contributed by atoms with Crippen LogP contribution >= 0.6 is 0 Å². The average Bonchev–Trinajstić information content (AvgIpc) is 3.25. The van der Waals surface area contributed by atoms with Crippen LogP contribution < -0.4 is 5.32 Å². The smallest absolute Gasteiger partial charge is 0.232 e. The van der Waals surface area contributed by atoms with Crippen molar-refractivity contribution in [1.29, 1.82) is 0 Å². The fourth-order valence-electron chi connectivity index (χ4n) is 2.58. The molecule has 128 valence electrons. The number of para-hydroxylation sites is 1. The predicted molar refractivity (Wildman–Crippen MR) is 91.1 cm³/mol. The SMILES string of the molecule is Cc1cccc(C)c1-n1nnnc1CS(=O)CC(=O)NCC1CC1. The Kier molecular flexibility index (Phi) is 5.03. The van der Waals surface area contributed by atoms with Gasteiger partial charge >= 0.3 is 0 Å². The van der Waals surface area contributed by atoms with Crippen molar-refractivity contribution in [3.8, 4) is 5.69 Å². The Morgan fingerprint density at radius 2 is 2.04 bits per heavy atom. The fourth-order valence-corrected chi connectivity index (χ4v) is 3.55. The summed E-state index contributed by atoms with van der Waals surface area (Å²) in [5.74, 6) is 1.06. The molecule has 2 aromatic rings. The number of carbonyl (C=O) groups excluding carboxylic acids is 1. The highest BCUT2D eigenvalue weighted by Gasteiger charge is 2.22. The first kappa shape index (κ1) is 16.8. The van der Waals surface area contributed by atoms with Crippen LogP contribution in [0.2, 0.25) is 0 Å². The lowest BCUT2D eigenvalue weighted by molar-refractivity contribution is -0.118. The highest BCUT2D eigenvalue weighted by Crippen LogP contribution is 2.27. The first-order valence-corrected chi connectivity index (χ1v) is 9.49. The van der Waals surface area contributed by atoms with Crippen LogP contribution in [0, 0.1) is 19.8 Å². The predicted octanol–water partition coefficient (Wildman–Crippen LogP) is 1.05. The van der Waals surface area contributed by atoms with Gasteiger partial charge in [0.1, 0.15) is 5.75 Å². The highest BCUT2D eigenvalue weighted by atomic mass is 32.2. The molecule has 0 aliphatic heterocycles. The summed E-state index contributed by atoms with van der Waals surface area (Å²) in [7, 11) is -1.35. The number of rotatable bonds is 7. The van der Waals surface area contributed by atoms with E-state index in [1.54, 1.807) is 4.68 Å². The van der Waals surface area contributed by atoms with Crippen LogP contribution in [0.5, 0.6) is 0 Å². The summed E-state index contributed by atoms with van der Waals surface area (Å²) in [6, 6.07) is 5.94. The van der Waals surface area contributed by atoms with Gasteiger partial charge in [-0.15, -0.1) is 5.10 Å². The van der Waals surface area contributed by atoms with E-state index in [4.69, 9.17) is 0 Å². The minimum atomic E-state index is -1.35. The van der Waals surface area contributed by atoms with Crippen LogP contribution in [0.15, 0.2) is 18.2 Å². The van der Waals surface area contributed by atoms with E-state index in [0.29, 0.717) is 18.3 Å². The lowest BCUT2D eigenvalue weighted by atomic mass is 10.1. The zero-order valence-electron chi connectivity index (χ0n) is 13.9. The first-order valence-electron chi connectivity index (χ1n) is 8.00. The Labute approximate surface area is 143 Å². The number of aromatic nitrogens is 4. The maximum atomic E-state index is 12.3. The summed E-state index contributed by atoms with van der Waals surface area (Å²) in [5, 5.41) is 14.5. The minimum Gasteiger partial charge on any atom is -0.355 e. The van der Waals surface area contributed by atoms with Gasteiger partial charge in [-0.3, -0.25) is 9.00 Å². The standard InChI is InChI=1S/C16H21N5O2S/c1-11-4-3-5-12(2)16(11)21-14(18-19-20-21)9-24(23)10-15(22)17-8-13-6-7-13/h3-5,13H,6-10H2,1-2H3,(H,17,22). The van der Waals surface area contributed by atoms with Crippen molar-refractivity contribution < 1.29 is 9.00 Å². The van der Waals surface area contributed by atoms with Crippen LogP contribution in [0.4, 0.5) is 0 Å². The Balaban J connectivity index is 1.66. The minimum absolute atomic E-state index is 0.0215. The molecule has 24 heavy (non-hydrogen) atoms. The van der Waals surface area contributed by atoms with E-state index >= 15 is 0 Å². The lowest BCUT2D eigenvalue weighted by Crippen LogP contribution is -2.30. The van der Waals surface area contributed by atoms with Gasteiger partial charge in [-0.1, -0.05) is 18.2 Å². The van der Waals surface area contributed by atoms with E-state index in [1.807, 2.05) is 32.0 Å². The first-order chi connectivity index (χ1) is 11.5. The van der Waals surface area contributed by atoms with E-state index in [1.165, 1.54) is 12.8 Å². The molecule has 8 heteroatoms. The van der Waals surface area contributed by atoms with Crippen molar-refractivity contribution in [3.05, 3.63) is 35.2 Å². The molecule has 1 N–H and O–H groups in total. The zero-order valence-corrected chi connectivity index (χ0v) is 14.7. The Hall–Kier alpha value is -2.09. The Bertz CT molecular complexity index is 749. The fraction of sp³-hybridized carbons (Fsp3) is 0.500. The van der Waals surface area contributed by atoms with Gasteiger partial charge in [0.05, 0.1) is 11.4 Å². The normalized spacial score (nSPS) is 15.2. The number of nitrogens with zero attached hydrogens (tertiary/aromatic N) is 4. The molecule has 1 atom stereocenters. The van der Waals surface area contributed by atoms with Crippen LogP contribution in [-0.4, -0.2) is 42.6 Å². The summed E-state index contributed by atoms with van der Waals surface area (Å²) < 4.78 is 13.9. The largest absolute Gasteiger partial charge is 0.355 e. The van der Waals surface area contributed by atoms with Crippen LogP contribution in [-0.2, 0) is 21.3 Å². The second-order valence-electron chi connectivity index (χ2n) is 6.22. The Morgan fingerprint density at radius 1 is 1.33 bits per heavy atom. The molecule has 0 bridgehead atoms. The molecule has 1 aromatic heterocycles. The summed E-state index contributed by atoms with van der Waals surface area (Å²) in [6.07, 6.45) is 2.35. The molecule has 3 rings (SSSR count). The van der Waals surface area contributed by atoms with Gasteiger partial charge in [-0.25, -0.2) is 0 Å². The molecule has 1 aliphatic rings. The maximum Gasteiger partial charge on any atom is 0.232 e. The summed E-state index contributed by atoms with van der Waals surface area (Å²) >= 11 is 0. The van der Waals surface area contributed by atoms with Gasteiger partial charge in [-0.05, 0) is 54.2 Å². The van der Waals surface area contributed by atoms with Crippen LogP contribution in [0.25, 0.3) is 5.69 Å². The molecule has 1 aromatic carbocycles. The molecule has 1 amide bonds. The van der Waals surface area contributed by atoms with Gasteiger partial charge in [0.2, 0.25) is 5.91 Å². The molecule has 1 unspecified atom stereocenters. The second-order valence-corrected chi connectivity index (χ2v) is 7.68. The number of amides is 1. The number of hydrogen-bond acceptors (Lipinski definition) is 5. The third-order valence-electron chi connectivity index (χ3n) is 4.05. The lowest BCUT2D eigenvalue weighted by Gasteiger charge is -2.10. The Morgan fingerprint density at radius 3 is 2.71 bits per heavy atom. The summed E-state index contributed by atoms with van der Waals surface area (Å²) in [6.45, 7) is 4.66. The second kappa shape index (κ2) is 7.21. The van der Waals surface area contributed by atoms with Crippen LogP contribution in [0.3, 0.4) is 0 Å². The number of benzene rings is 1. The molecular formula is C16H21N5O2S. The molecule has 1 heterocycles. The van der Waals surface area contributed by atoms with E-state index in [9.17, 15) is 9.00 Å². The highest BCUT2D eigenvalue weighted by molar-refractivity contribution is 7.84. The molecular weight excluding hydrogens is 326 g/mol. The monoisotopic (exact) mass is 347 g/mol. The number of tetrazole rings is 1. The van der Waals surface area contributed by atoms with Crippen molar-refractivity contribution in [2.45, 2.75) is 32.4 Å². The average molecular weight is 347 g/mol. The van der Waals surface area contributed by atoms with Gasteiger partial charge in [0, 0.05) is 17.3 Å². The van der Waals surface area contributed by atoms with Gasteiger partial charge in [0.25, 0.3) is 0 Å².